The second kappa shape index (κ2) is 7.84. The molecule has 0 radical (unpaired) electrons. The van der Waals surface area contributed by atoms with E-state index < -0.39 is 55.5 Å². The van der Waals surface area contributed by atoms with Crippen LogP contribution in [0, 0.1) is 0 Å². The van der Waals surface area contributed by atoms with E-state index in [2.05, 4.69) is 9.47 Å². The van der Waals surface area contributed by atoms with Crippen LogP contribution in [0.4, 0.5) is 4.79 Å². The number of hydrogen-bond acceptors (Lipinski definition) is 10. The Hall–Kier alpha value is -1.01. The summed E-state index contributed by atoms with van der Waals surface area (Å²) in [6.07, 6.45) is -12.7. The van der Waals surface area contributed by atoms with Crippen LogP contribution < -0.4 is 0 Å². The standard InChI is InChI=1S/C11H20O10/c1-19-4(2-12)3-20-11(18)21-10-8(16)6(14)5(13)7(15)9(10)17/h4-10,12-17H,2-3H2,1H3/t4?,5?,6-,7-,8-,9-,10?/m0/s1. The van der Waals surface area contributed by atoms with Gasteiger partial charge in [0.1, 0.15) is 43.2 Å². The minimum Gasteiger partial charge on any atom is -0.431 e. The molecule has 1 aliphatic carbocycles. The van der Waals surface area contributed by atoms with E-state index >= 15 is 0 Å². The lowest BCUT2D eigenvalue weighted by molar-refractivity contribution is -0.226. The summed E-state index contributed by atoms with van der Waals surface area (Å²) in [7, 11) is 1.29. The average molecular weight is 312 g/mol. The predicted octanol–water partition coefficient (Wildman–Crippen LogP) is -3.67. The van der Waals surface area contributed by atoms with Gasteiger partial charge in [0.05, 0.1) is 6.61 Å². The zero-order valence-electron chi connectivity index (χ0n) is 11.3. The molecular formula is C11H20O10. The molecule has 0 aromatic carbocycles. The molecule has 0 amide bonds. The molecule has 1 fully saturated rings. The quantitative estimate of drug-likeness (QED) is 0.278. The summed E-state index contributed by atoms with van der Waals surface area (Å²) < 4.78 is 13.9. The maximum Gasteiger partial charge on any atom is 0.508 e. The number of ether oxygens (including phenoxy) is 3. The van der Waals surface area contributed by atoms with Crippen LogP contribution in [0.25, 0.3) is 0 Å². The molecule has 124 valence electrons. The molecule has 5 atom stereocenters. The molecule has 1 aliphatic rings. The van der Waals surface area contributed by atoms with E-state index in [0.29, 0.717) is 0 Å². The van der Waals surface area contributed by atoms with Crippen molar-refractivity contribution in [1.82, 2.24) is 0 Å². The SMILES string of the molecule is COC(CO)COC(=O)OC1[C@@H](O)[C@@H](O)C(O)[C@H](O)[C@@H]1O. The van der Waals surface area contributed by atoms with Gasteiger partial charge < -0.3 is 44.8 Å². The van der Waals surface area contributed by atoms with Crippen LogP contribution in [0.1, 0.15) is 0 Å². The summed E-state index contributed by atoms with van der Waals surface area (Å²) in [4.78, 5) is 11.4. The smallest absolute Gasteiger partial charge is 0.431 e. The highest BCUT2D eigenvalue weighted by atomic mass is 16.7. The molecule has 10 nitrogen and oxygen atoms in total. The zero-order chi connectivity index (χ0) is 16.2. The first-order chi connectivity index (χ1) is 9.83. The third kappa shape index (κ3) is 4.23. The van der Waals surface area contributed by atoms with Gasteiger partial charge in [-0.1, -0.05) is 0 Å². The average Bonchev–Trinajstić information content (AvgIpc) is 2.48. The third-order valence-corrected chi connectivity index (χ3v) is 3.23. The van der Waals surface area contributed by atoms with Crippen molar-refractivity contribution in [3.05, 3.63) is 0 Å². The molecule has 0 saturated heterocycles. The summed E-state index contributed by atoms with van der Waals surface area (Å²) in [5.41, 5.74) is 0. The monoisotopic (exact) mass is 312 g/mol. The minimum absolute atomic E-state index is 0.335. The van der Waals surface area contributed by atoms with Crippen molar-refractivity contribution >= 4 is 6.16 Å². The molecule has 1 saturated carbocycles. The Kier molecular flexibility index (Phi) is 6.74. The number of rotatable bonds is 5. The highest BCUT2D eigenvalue weighted by molar-refractivity contribution is 5.60. The number of aliphatic hydroxyl groups excluding tert-OH is 6. The van der Waals surface area contributed by atoms with Crippen LogP contribution in [-0.4, -0.2) is 99.8 Å². The van der Waals surface area contributed by atoms with Crippen LogP contribution in [0.15, 0.2) is 0 Å². The van der Waals surface area contributed by atoms with E-state index in [0.717, 1.165) is 0 Å². The van der Waals surface area contributed by atoms with Gasteiger partial charge in [-0.2, -0.15) is 0 Å². The summed E-state index contributed by atoms with van der Waals surface area (Å²) >= 11 is 0. The van der Waals surface area contributed by atoms with Crippen LogP contribution >= 0.6 is 0 Å². The highest BCUT2D eigenvalue weighted by Crippen LogP contribution is 2.24. The fraction of sp³-hybridized carbons (Fsp3) is 0.909. The van der Waals surface area contributed by atoms with Gasteiger partial charge in [0.25, 0.3) is 0 Å². The Bertz CT molecular complexity index is 317. The molecule has 10 heteroatoms. The van der Waals surface area contributed by atoms with Gasteiger partial charge in [-0.15, -0.1) is 0 Å². The van der Waals surface area contributed by atoms with Crippen molar-refractivity contribution in [1.29, 1.82) is 0 Å². The molecular weight excluding hydrogens is 292 g/mol. The van der Waals surface area contributed by atoms with Crippen LogP contribution in [0.3, 0.4) is 0 Å². The lowest BCUT2D eigenvalue weighted by atomic mass is 9.85. The Morgan fingerprint density at radius 3 is 1.90 bits per heavy atom. The van der Waals surface area contributed by atoms with Crippen molar-refractivity contribution in [3.63, 3.8) is 0 Å². The molecule has 1 unspecified atom stereocenters. The number of methoxy groups -OCH3 is 1. The van der Waals surface area contributed by atoms with Gasteiger partial charge in [0, 0.05) is 7.11 Å². The van der Waals surface area contributed by atoms with Crippen molar-refractivity contribution in [2.75, 3.05) is 20.3 Å². The maximum absolute atomic E-state index is 11.4. The number of carbonyl (C=O) groups excluding carboxylic acids is 1. The van der Waals surface area contributed by atoms with E-state index in [1.165, 1.54) is 7.11 Å². The molecule has 0 aliphatic heterocycles. The first-order valence-electron chi connectivity index (χ1n) is 6.20. The lowest BCUT2D eigenvalue weighted by Crippen LogP contribution is -2.64. The number of aliphatic hydroxyl groups is 6. The molecule has 21 heavy (non-hydrogen) atoms. The fourth-order valence-corrected chi connectivity index (χ4v) is 1.84. The zero-order valence-corrected chi connectivity index (χ0v) is 11.3. The van der Waals surface area contributed by atoms with E-state index in [-0.39, 0.29) is 6.61 Å². The molecule has 0 bridgehead atoms. The Morgan fingerprint density at radius 1 is 1.00 bits per heavy atom. The van der Waals surface area contributed by atoms with Gasteiger partial charge in [0.2, 0.25) is 0 Å². The number of hydrogen-bond donors (Lipinski definition) is 6. The van der Waals surface area contributed by atoms with E-state index in [1.807, 2.05) is 0 Å². The van der Waals surface area contributed by atoms with Gasteiger partial charge in [0.15, 0.2) is 6.10 Å². The molecule has 0 aromatic heterocycles. The van der Waals surface area contributed by atoms with E-state index in [1.54, 1.807) is 0 Å². The molecule has 1 rings (SSSR count). The van der Waals surface area contributed by atoms with Crippen molar-refractivity contribution in [2.24, 2.45) is 0 Å². The number of carbonyl (C=O) groups is 1. The Balaban J connectivity index is 2.57. The van der Waals surface area contributed by atoms with Gasteiger partial charge in [-0.3, -0.25) is 0 Å². The molecule has 6 N–H and O–H groups in total. The molecule has 0 heterocycles. The third-order valence-electron chi connectivity index (χ3n) is 3.23. The van der Waals surface area contributed by atoms with Crippen molar-refractivity contribution < 1.29 is 49.6 Å². The van der Waals surface area contributed by atoms with Crippen LogP contribution in [0.5, 0.6) is 0 Å². The van der Waals surface area contributed by atoms with Crippen molar-refractivity contribution in [3.8, 4) is 0 Å². The van der Waals surface area contributed by atoms with Crippen LogP contribution in [0.2, 0.25) is 0 Å². The summed E-state index contributed by atoms with van der Waals surface area (Å²) in [5.74, 6) is 0. The van der Waals surface area contributed by atoms with Gasteiger partial charge >= 0.3 is 6.16 Å². The van der Waals surface area contributed by atoms with E-state index in [9.17, 15) is 30.3 Å². The summed E-state index contributed by atoms with van der Waals surface area (Å²) in [5, 5.41) is 56.3. The maximum atomic E-state index is 11.4. The minimum atomic E-state index is -1.80. The van der Waals surface area contributed by atoms with E-state index in [4.69, 9.17) is 9.84 Å². The van der Waals surface area contributed by atoms with Crippen molar-refractivity contribution in [2.45, 2.75) is 42.7 Å². The summed E-state index contributed by atoms with van der Waals surface area (Å²) in [6.45, 7) is -0.736. The second-order valence-electron chi connectivity index (χ2n) is 4.64. The topological polar surface area (TPSA) is 166 Å². The first-order valence-corrected chi connectivity index (χ1v) is 6.20. The largest absolute Gasteiger partial charge is 0.508 e. The fourth-order valence-electron chi connectivity index (χ4n) is 1.84. The first kappa shape index (κ1) is 18.0. The van der Waals surface area contributed by atoms with Crippen LogP contribution in [-0.2, 0) is 14.2 Å². The summed E-state index contributed by atoms with van der Waals surface area (Å²) in [6, 6.07) is 0. The van der Waals surface area contributed by atoms with Gasteiger partial charge in [-0.05, 0) is 0 Å². The lowest BCUT2D eigenvalue weighted by Gasteiger charge is -2.40. The normalized spacial score (nSPS) is 37.9. The predicted molar refractivity (Wildman–Crippen MR) is 64.1 cm³/mol. The molecule has 0 spiro atoms. The highest BCUT2D eigenvalue weighted by Gasteiger charge is 2.50. The Labute approximate surface area is 120 Å². The second-order valence-corrected chi connectivity index (χ2v) is 4.64. The van der Waals surface area contributed by atoms with Gasteiger partial charge in [-0.25, -0.2) is 4.79 Å². The Morgan fingerprint density at radius 2 is 1.48 bits per heavy atom. The molecule has 0 aromatic rings.